The van der Waals surface area contributed by atoms with E-state index in [4.69, 9.17) is 0 Å². The lowest BCUT2D eigenvalue weighted by Gasteiger charge is -2.12. The molecule has 0 aliphatic carbocycles. The molecule has 96 valence electrons. The molecule has 0 spiro atoms. The highest BCUT2D eigenvalue weighted by Crippen LogP contribution is 2.09. The molecule has 0 aliphatic rings. The molecule has 0 atom stereocenters. The van der Waals surface area contributed by atoms with Crippen LogP contribution in [0.4, 0.5) is 0 Å². The van der Waals surface area contributed by atoms with Crippen LogP contribution in [0, 0.1) is 5.92 Å². The van der Waals surface area contributed by atoms with Crippen LogP contribution in [0.15, 0.2) is 22.5 Å². The van der Waals surface area contributed by atoms with Gasteiger partial charge in [0.1, 0.15) is 0 Å². The molecule has 1 aromatic heterocycles. The number of hydrogen-bond donors (Lipinski definition) is 2. The van der Waals surface area contributed by atoms with Crippen molar-refractivity contribution in [3.8, 4) is 0 Å². The van der Waals surface area contributed by atoms with Crippen molar-refractivity contribution in [2.24, 2.45) is 10.9 Å². The molecule has 3 nitrogen and oxygen atoms in total. The number of nitrogens with zero attached hydrogens (tertiary/aromatic N) is 1. The fourth-order valence-corrected chi connectivity index (χ4v) is 2.01. The fraction of sp³-hybridized carbons (Fsp3) is 0.615. The summed E-state index contributed by atoms with van der Waals surface area (Å²) in [6.07, 6.45) is 1.17. The van der Waals surface area contributed by atoms with E-state index in [1.54, 1.807) is 11.3 Å². The van der Waals surface area contributed by atoms with E-state index in [1.807, 2.05) is 0 Å². The minimum atomic E-state index is 0.725. The van der Waals surface area contributed by atoms with Gasteiger partial charge in [-0.2, -0.15) is 0 Å². The summed E-state index contributed by atoms with van der Waals surface area (Å²) in [5.41, 5.74) is 0. The van der Waals surface area contributed by atoms with Crippen LogP contribution in [0.3, 0.4) is 0 Å². The van der Waals surface area contributed by atoms with E-state index in [0.717, 1.165) is 31.5 Å². The van der Waals surface area contributed by atoms with E-state index in [2.05, 4.69) is 53.9 Å². The molecule has 0 aliphatic heterocycles. The third-order valence-electron chi connectivity index (χ3n) is 2.33. The second-order valence-corrected chi connectivity index (χ2v) is 5.42. The van der Waals surface area contributed by atoms with Crippen molar-refractivity contribution < 1.29 is 0 Å². The lowest BCUT2D eigenvalue weighted by molar-refractivity contribution is 0.574. The predicted molar refractivity (Wildman–Crippen MR) is 76.6 cm³/mol. The van der Waals surface area contributed by atoms with Crippen LogP contribution in [-0.4, -0.2) is 19.0 Å². The Balaban J connectivity index is 2.38. The Bertz CT molecular complexity index is 317. The Kier molecular flexibility index (Phi) is 6.70. The fourth-order valence-electron chi connectivity index (χ4n) is 1.38. The van der Waals surface area contributed by atoms with Gasteiger partial charge in [-0.3, -0.25) is 0 Å². The number of guanidine groups is 1. The van der Waals surface area contributed by atoms with Crippen LogP contribution in [-0.2, 0) is 6.54 Å². The molecule has 0 unspecified atom stereocenters. The van der Waals surface area contributed by atoms with Gasteiger partial charge in [-0.1, -0.05) is 19.9 Å². The lowest BCUT2D eigenvalue weighted by Crippen LogP contribution is -2.38. The molecule has 4 heteroatoms. The zero-order chi connectivity index (χ0) is 12.5. The molecule has 2 N–H and O–H groups in total. The zero-order valence-electron chi connectivity index (χ0n) is 11.0. The van der Waals surface area contributed by atoms with Gasteiger partial charge in [-0.15, -0.1) is 11.3 Å². The summed E-state index contributed by atoms with van der Waals surface area (Å²) in [5, 5.41) is 8.71. The summed E-state index contributed by atoms with van der Waals surface area (Å²) in [7, 11) is 0. The normalized spacial score (nSPS) is 11.9. The van der Waals surface area contributed by atoms with Crippen molar-refractivity contribution in [2.75, 3.05) is 13.1 Å². The molecule has 0 bridgehead atoms. The molecule has 1 heterocycles. The third-order valence-corrected chi connectivity index (χ3v) is 3.19. The van der Waals surface area contributed by atoms with E-state index in [9.17, 15) is 0 Å². The Labute approximate surface area is 108 Å². The highest BCUT2D eigenvalue weighted by molar-refractivity contribution is 7.09. The number of nitrogens with one attached hydrogen (secondary N) is 2. The Morgan fingerprint density at radius 2 is 2.24 bits per heavy atom. The van der Waals surface area contributed by atoms with Gasteiger partial charge < -0.3 is 10.6 Å². The summed E-state index contributed by atoms with van der Waals surface area (Å²) in [6.45, 7) is 9.19. The summed E-state index contributed by atoms with van der Waals surface area (Å²) < 4.78 is 0. The van der Waals surface area contributed by atoms with E-state index < -0.39 is 0 Å². The van der Waals surface area contributed by atoms with E-state index >= 15 is 0 Å². The quantitative estimate of drug-likeness (QED) is 0.604. The molecule has 0 aromatic carbocycles. The molecule has 0 amide bonds. The van der Waals surface area contributed by atoms with Crippen LogP contribution in [0.5, 0.6) is 0 Å². The first kappa shape index (κ1) is 14.0. The minimum Gasteiger partial charge on any atom is -0.357 e. The van der Waals surface area contributed by atoms with Crippen LogP contribution < -0.4 is 10.6 Å². The van der Waals surface area contributed by atoms with Crippen molar-refractivity contribution in [3.05, 3.63) is 22.4 Å². The Hall–Kier alpha value is -1.03. The summed E-state index contributed by atoms with van der Waals surface area (Å²) in [6, 6.07) is 4.18. The van der Waals surface area contributed by atoms with Gasteiger partial charge in [0.15, 0.2) is 5.96 Å². The smallest absolute Gasteiger partial charge is 0.191 e. The maximum absolute atomic E-state index is 4.56. The van der Waals surface area contributed by atoms with E-state index in [-0.39, 0.29) is 0 Å². The van der Waals surface area contributed by atoms with Gasteiger partial charge in [0.2, 0.25) is 0 Å². The average Bonchev–Trinajstić information content (AvgIpc) is 2.78. The maximum atomic E-state index is 4.56. The molecule has 0 saturated carbocycles. The van der Waals surface area contributed by atoms with E-state index in [1.165, 1.54) is 11.3 Å². The first-order valence-corrected chi connectivity index (χ1v) is 7.15. The summed E-state index contributed by atoms with van der Waals surface area (Å²) in [4.78, 5) is 5.85. The highest BCUT2D eigenvalue weighted by atomic mass is 32.1. The first-order chi connectivity index (χ1) is 8.22. The van der Waals surface area contributed by atoms with Crippen molar-refractivity contribution in [2.45, 2.75) is 33.7 Å². The molecule has 0 fully saturated rings. The molecule has 1 rings (SSSR count). The largest absolute Gasteiger partial charge is 0.357 e. The van der Waals surface area contributed by atoms with Gasteiger partial charge in [0.25, 0.3) is 0 Å². The van der Waals surface area contributed by atoms with Crippen LogP contribution >= 0.6 is 11.3 Å². The van der Waals surface area contributed by atoms with Crippen molar-refractivity contribution >= 4 is 17.3 Å². The second-order valence-electron chi connectivity index (χ2n) is 4.38. The highest BCUT2D eigenvalue weighted by Gasteiger charge is 1.99. The number of thiophene rings is 1. The van der Waals surface area contributed by atoms with Gasteiger partial charge in [0, 0.05) is 18.0 Å². The number of hydrogen-bond acceptors (Lipinski definition) is 2. The van der Waals surface area contributed by atoms with Crippen LogP contribution in [0.2, 0.25) is 0 Å². The summed E-state index contributed by atoms with van der Waals surface area (Å²) >= 11 is 1.75. The second kappa shape index (κ2) is 8.12. The topological polar surface area (TPSA) is 36.4 Å². The molecule has 0 saturated heterocycles. The van der Waals surface area contributed by atoms with Gasteiger partial charge in [-0.25, -0.2) is 4.99 Å². The zero-order valence-corrected chi connectivity index (χ0v) is 11.8. The molecular formula is C13H23N3S. The Morgan fingerprint density at radius 1 is 1.41 bits per heavy atom. The first-order valence-electron chi connectivity index (χ1n) is 6.27. The van der Waals surface area contributed by atoms with Gasteiger partial charge >= 0.3 is 0 Å². The van der Waals surface area contributed by atoms with E-state index in [0.29, 0.717) is 0 Å². The van der Waals surface area contributed by atoms with Gasteiger partial charge in [-0.05, 0) is 30.7 Å². The molecular weight excluding hydrogens is 230 g/mol. The standard InChI is InChI=1S/C13H23N3S/c1-4-14-13(15-8-7-11(2)3)16-10-12-6-5-9-17-12/h5-6,9,11H,4,7-8,10H2,1-3H3,(H2,14,15,16). The number of rotatable bonds is 6. The number of aliphatic imine (C=N–C) groups is 1. The monoisotopic (exact) mass is 253 g/mol. The molecule has 17 heavy (non-hydrogen) atoms. The lowest BCUT2D eigenvalue weighted by atomic mass is 10.1. The SMILES string of the molecule is CCNC(=NCc1cccs1)NCCC(C)C. The minimum absolute atomic E-state index is 0.725. The van der Waals surface area contributed by atoms with Crippen LogP contribution in [0.25, 0.3) is 0 Å². The van der Waals surface area contributed by atoms with Crippen LogP contribution in [0.1, 0.15) is 32.1 Å². The van der Waals surface area contributed by atoms with Gasteiger partial charge in [0.05, 0.1) is 6.54 Å². The maximum Gasteiger partial charge on any atom is 0.191 e. The third kappa shape index (κ3) is 6.31. The van der Waals surface area contributed by atoms with Crippen molar-refractivity contribution in [3.63, 3.8) is 0 Å². The average molecular weight is 253 g/mol. The molecule has 0 radical (unpaired) electrons. The van der Waals surface area contributed by atoms with Crippen molar-refractivity contribution in [1.82, 2.24) is 10.6 Å². The van der Waals surface area contributed by atoms with Crippen molar-refractivity contribution in [1.29, 1.82) is 0 Å². The Morgan fingerprint density at radius 3 is 2.82 bits per heavy atom. The molecule has 1 aromatic rings. The summed E-state index contributed by atoms with van der Waals surface area (Å²) in [5.74, 6) is 1.64. The predicted octanol–water partition coefficient (Wildman–Crippen LogP) is 2.85.